The van der Waals surface area contributed by atoms with E-state index in [-0.39, 0.29) is 31.6 Å². The lowest BCUT2D eigenvalue weighted by Gasteiger charge is -2.18. The van der Waals surface area contributed by atoms with E-state index in [0.717, 1.165) is 96.3 Å². The van der Waals surface area contributed by atoms with Gasteiger partial charge in [-0.15, -0.1) is 0 Å². The first-order valence-corrected chi connectivity index (χ1v) is 27.2. The van der Waals surface area contributed by atoms with E-state index in [2.05, 4.69) is 106 Å². The predicted molar refractivity (Wildman–Crippen MR) is 284 cm³/mol. The molecule has 0 aliphatic rings. The number of allylic oxidation sites excluding steroid dienone is 15. The van der Waals surface area contributed by atoms with E-state index >= 15 is 0 Å². The Bertz CT molecular complexity index is 1330. The number of hydrogen-bond acceptors (Lipinski definition) is 6. The van der Waals surface area contributed by atoms with Crippen LogP contribution in [0.5, 0.6) is 0 Å². The molecule has 6 nitrogen and oxygen atoms in total. The Morgan fingerprint density at radius 1 is 0.333 bits per heavy atom. The molecule has 0 rings (SSSR count). The summed E-state index contributed by atoms with van der Waals surface area (Å²) in [6, 6.07) is 0. The molecule has 0 spiro atoms. The van der Waals surface area contributed by atoms with Crippen LogP contribution in [0.1, 0.15) is 245 Å². The average Bonchev–Trinajstić information content (AvgIpc) is 3.31. The Morgan fingerprint density at radius 3 is 1.03 bits per heavy atom. The minimum atomic E-state index is -0.836. The second-order valence-corrected chi connectivity index (χ2v) is 17.8. The van der Waals surface area contributed by atoms with Crippen molar-refractivity contribution in [2.45, 2.75) is 252 Å². The second-order valence-electron chi connectivity index (χ2n) is 17.8. The van der Waals surface area contributed by atoms with Gasteiger partial charge in [-0.1, -0.05) is 240 Å². The molecule has 0 amide bonds. The van der Waals surface area contributed by atoms with Crippen molar-refractivity contribution in [1.82, 2.24) is 0 Å². The van der Waals surface area contributed by atoms with Crippen LogP contribution in [0.3, 0.4) is 0 Å². The molecule has 0 fully saturated rings. The first kappa shape index (κ1) is 62.3. The fourth-order valence-electron chi connectivity index (χ4n) is 7.29. The van der Waals surface area contributed by atoms with Gasteiger partial charge in [0.05, 0.1) is 6.42 Å². The average molecular weight is 917 g/mol. The molecular formula is C60H100O6. The van der Waals surface area contributed by atoms with E-state index in [1.54, 1.807) is 6.08 Å². The topological polar surface area (TPSA) is 78.9 Å². The van der Waals surface area contributed by atoms with E-state index in [1.165, 1.54) is 109 Å². The first-order valence-electron chi connectivity index (χ1n) is 27.2. The van der Waals surface area contributed by atoms with E-state index in [1.807, 2.05) is 6.08 Å². The van der Waals surface area contributed by atoms with Gasteiger partial charge in [-0.05, 0) is 83.5 Å². The summed E-state index contributed by atoms with van der Waals surface area (Å²) in [7, 11) is 0. The molecule has 1 unspecified atom stereocenters. The van der Waals surface area contributed by atoms with Gasteiger partial charge in [0, 0.05) is 12.8 Å². The maximum atomic E-state index is 12.8. The fourth-order valence-corrected chi connectivity index (χ4v) is 7.29. The van der Waals surface area contributed by atoms with E-state index in [4.69, 9.17) is 14.2 Å². The molecule has 0 saturated heterocycles. The van der Waals surface area contributed by atoms with Crippen LogP contribution in [-0.4, -0.2) is 37.2 Å². The number of hydrogen-bond donors (Lipinski definition) is 0. The smallest absolute Gasteiger partial charge is 0.310 e. The fraction of sp³-hybridized carbons (Fsp3) is 0.683. The number of ether oxygens (including phenoxy) is 3. The van der Waals surface area contributed by atoms with Gasteiger partial charge >= 0.3 is 17.9 Å². The highest BCUT2D eigenvalue weighted by Gasteiger charge is 2.19. The van der Waals surface area contributed by atoms with Crippen molar-refractivity contribution in [1.29, 1.82) is 0 Å². The largest absolute Gasteiger partial charge is 0.462 e. The molecule has 376 valence electrons. The van der Waals surface area contributed by atoms with Gasteiger partial charge in [0.15, 0.2) is 6.10 Å². The molecule has 66 heavy (non-hydrogen) atoms. The summed E-state index contributed by atoms with van der Waals surface area (Å²) in [5.41, 5.74) is 0. The van der Waals surface area contributed by atoms with E-state index in [9.17, 15) is 14.4 Å². The summed E-state index contributed by atoms with van der Waals surface area (Å²) in [6.45, 7) is 6.40. The van der Waals surface area contributed by atoms with Crippen LogP contribution < -0.4 is 0 Å². The molecule has 0 aliphatic carbocycles. The summed E-state index contributed by atoms with van der Waals surface area (Å²) in [5.74, 6) is -1.06. The number of esters is 3. The van der Waals surface area contributed by atoms with E-state index in [0.29, 0.717) is 12.8 Å². The van der Waals surface area contributed by atoms with Crippen LogP contribution in [0.4, 0.5) is 0 Å². The normalized spacial score (nSPS) is 12.8. The summed E-state index contributed by atoms with van der Waals surface area (Å²) in [4.78, 5) is 38.0. The van der Waals surface area contributed by atoms with Gasteiger partial charge in [0.25, 0.3) is 0 Å². The summed E-state index contributed by atoms with van der Waals surface area (Å²) < 4.78 is 16.7. The third kappa shape index (κ3) is 51.3. The van der Waals surface area contributed by atoms with Crippen molar-refractivity contribution in [2.75, 3.05) is 13.2 Å². The summed E-state index contributed by atoms with van der Waals surface area (Å²) in [6.07, 6.45) is 71.3. The van der Waals surface area contributed by atoms with Gasteiger partial charge < -0.3 is 14.2 Å². The molecule has 0 aromatic heterocycles. The van der Waals surface area contributed by atoms with Gasteiger partial charge in [-0.25, -0.2) is 0 Å². The van der Waals surface area contributed by atoms with Crippen molar-refractivity contribution in [3.05, 3.63) is 97.2 Å². The van der Waals surface area contributed by atoms with Gasteiger partial charge in [-0.3, -0.25) is 14.4 Å². The first-order chi connectivity index (χ1) is 32.5. The lowest BCUT2D eigenvalue weighted by Crippen LogP contribution is -2.30. The lowest BCUT2D eigenvalue weighted by atomic mass is 10.0. The Balaban J connectivity index is 4.50. The molecular weight excluding hydrogens is 817 g/mol. The standard InChI is InChI=1S/C60H100O6/c1-4-7-10-13-16-19-22-25-28-29-30-31-33-35-38-41-44-47-50-53-59(62)65-56-57(55-64-58(61)52-49-46-43-40-37-34-27-24-21-18-15-12-9-6-3)66-60(63)54-51-48-45-42-39-36-32-26-23-20-17-14-11-8-5-2/h8,11,16-17,19-20,25-26,28,30-32,39,42,48,51,57H,4-7,9-10,12-15,18,21-24,27,29,33-38,40-41,43-47,49-50,52-56H2,1-3H3/b11-8-,19-16-,20-17-,28-25-,31-30-,32-26-,42-39-,51-48-. The Labute approximate surface area is 407 Å². The van der Waals surface area contributed by atoms with Crippen LogP contribution in [0.15, 0.2) is 97.2 Å². The molecule has 0 aromatic carbocycles. The van der Waals surface area contributed by atoms with Crippen LogP contribution in [0.25, 0.3) is 0 Å². The zero-order valence-corrected chi connectivity index (χ0v) is 42.9. The van der Waals surface area contributed by atoms with Crippen LogP contribution in [0.2, 0.25) is 0 Å². The second kappa shape index (κ2) is 53.9. The molecule has 0 N–H and O–H groups in total. The molecule has 0 heterocycles. The van der Waals surface area contributed by atoms with Gasteiger partial charge in [0.1, 0.15) is 13.2 Å². The molecule has 0 bridgehead atoms. The number of carbonyl (C=O) groups excluding carboxylic acids is 3. The maximum Gasteiger partial charge on any atom is 0.310 e. The SMILES string of the molecule is CC/C=C\C/C=C\C/C=C\C/C=C\C/C=C\CC(=O)OC(COC(=O)CCCCCCCC/C=C\C/C=C\C/C=C\CCCCC)COC(=O)CCCCCCCCCCCCCCCC. The van der Waals surface area contributed by atoms with E-state index < -0.39 is 12.1 Å². The minimum Gasteiger partial charge on any atom is -0.462 e. The Hall–Kier alpha value is -3.67. The predicted octanol–water partition coefficient (Wildman–Crippen LogP) is 18.1. The lowest BCUT2D eigenvalue weighted by molar-refractivity contribution is -0.166. The number of unbranched alkanes of at least 4 members (excludes halogenated alkanes) is 22. The number of rotatable bonds is 48. The van der Waals surface area contributed by atoms with Crippen molar-refractivity contribution in [3.63, 3.8) is 0 Å². The highest BCUT2D eigenvalue weighted by molar-refractivity contribution is 5.72. The molecule has 0 aliphatic heterocycles. The zero-order valence-electron chi connectivity index (χ0n) is 42.9. The molecule has 0 radical (unpaired) electrons. The summed E-state index contributed by atoms with van der Waals surface area (Å²) in [5, 5.41) is 0. The maximum absolute atomic E-state index is 12.8. The van der Waals surface area contributed by atoms with Crippen LogP contribution in [-0.2, 0) is 28.6 Å². The zero-order chi connectivity index (χ0) is 47.9. The van der Waals surface area contributed by atoms with Gasteiger partial charge in [-0.2, -0.15) is 0 Å². The van der Waals surface area contributed by atoms with Crippen LogP contribution >= 0.6 is 0 Å². The molecule has 6 heteroatoms. The third-order valence-electron chi connectivity index (χ3n) is 11.4. The van der Waals surface area contributed by atoms with Gasteiger partial charge in [0.2, 0.25) is 0 Å². The van der Waals surface area contributed by atoms with Crippen molar-refractivity contribution >= 4 is 17.9 Å². The Kier molecular flexibility index (Phi) is 50.9. The quantitative estimate of drug-likeness (QED) is 0.0262. The van der Waals surface area contributed by atoms with Crippen molar-refractivity contribution in [3.8, 4) is 0 Å². The molecule has 0 aromatic rings. The number of carbonyl (C=O) groups is 3. The third-order valence-corrected chi connectivity index (χ3v) is 11.4. The Morgan fingerprint density at radius 2 is 0.636 bits per heavy atom. The summed E-state index contributed by atoms with van der Waals surface area (Å²) >= 11 is 0. The monoisotopic (exact) mass is 917 g/mol. The molecule has 0 saturated carbocycles. The molecule has 1 atom stereocenters. The van der Waals surface area contributed by atoms with Crippen molar-refractivity contribution in [2.24, 2.45) is 0 Å². The van der Waals surface area contributed by atoms with Crippen molar-refractivity contribution < 1.29 is 28.6 Å². The highest BCUT2D eigenvalue weighted by atomic mass is 16.6. The van der Waals surface area contributed by atoms with Crippen LogP contribution in [0, 0.1) is 0 Å². The highest BCUT2D eigenvalue weighted by Crippen LogP contribution is 2.15. The minimum absolute atomic E-state index is 0.0932.